The lowest BCUT2D eigenvalue weighted by Gasteiger charge is -2.18. The van der Waals surface area contributed by atoms with Gasteiger partial charge in [-0.15, -0.1) is 11.8 Å². The molecular weight excluding hydrogens is 238 g/mol. The fraction of sp³-hybridized carbons (Fsp3) is 0.500. The number of ether oxygens (including phenoxy) is 2. The second-order valence-corrected chi connectivity index (χ2v) is 4.37. The first-order chi connectivity index (χ1) is 8.17. The third-order valence-electron chi connectivity index (χ3n) is 2.47. The largest absolute Gasteiger partial charge is 0.497 e. The third kappa shape index (κ3) is 3.28. The fourth-order valence-electron chi connectivity index (χ4n) is 1.64. The molecular formula is C12H19NO3S. The molecule has 0 saturated heterocycles. The van der Waals surface area contributed by atoms with Gasteiger partial charge >= 0.3 is 0 Å². The number of hydrogen-bond acceptors (Lipinski definition) is 5. The minimum atomic E-state index is -0.615. The van der Waals surface area contributed by atoms with Crippen LogP contribution in [-0.2, 0) is 0 Å². The molecule has 0 aliphatic heterocycles. The fourth-order valence-corrected chi connectivity index (χ4v) is 2.26. The van der Waals surface area contributed by atoms with Gasteiger partial charge in [0.25, 0.3) is 0 Å². The minimum absolute atomic E-state index is 0.470. The Morgan fingerprint density at radius 2 is 2.06 bits per heavy atom. The van der Waals surface area contributed by atoms with Gasteiger partial charge in [0, 0.05) is 12.1 Å². The normalized spacial score (nSPS) is 12.3. The highest BCUT2D eigenvalue weighted by Crippen LogP contribution is 2.38. The van der Waals surface area contributed by atoms with Crippen LogP contribution in [0.5, 0.6) is 11.5 Å². The highest BCUT2D eigenvalue weighted by Gasteiger charge is 2.17. The van der Waals surface area contributed by atoms with E-state index in [4.69, 9.17) is 9.47 Å². The molecule has 2 N–H and O–H groups in total. The number of methoxy groups -OCH3 is 2. The summed E-state index contributed by atoms with van der Waals surface area (Å²) in [6.07, 6.45) is 1.35. The summed E-state index contributed by atoms with van der Waals surface area (Å²) >= 11 is 1.56. The monoisotopic (exact) mass is 257 g/mol. The molecule has 17 heavy (non-hydrogen) atoms. The first-order valence-electron chi connectivity index (χ1n) is 5.30. The molecule has 0 aliphatic rings. The average molecular weight is 257 g/mol. The molecule has 0 fully saturated rings. The van der Waals surface area contributed by atoms with Crippen LogP contribution in [0.2, 0.25) is 0 Å². The summed E-state index contributed by atoms with van der Waals surface area (Å²) in [6.45, 7) is 0.470. The lowest BCUT2D eigenvalue weighted by molar-refractivity contribution is 0.172. The van der Waals surface area contributed by atoms with Gasteiger partial charge in [0.1, 0.15) is 11.5 Å². The summed E-state index contributed by atoms with van der Waals surface area (Å²) in [5.41, 5.74) is 0.741. The molecule has 0 amide bonds. The summed E-state index contributed by atoms with van der Waals surface area (Å²) in [6, 6.07) is 3.71. The molecule has 0 aromatic heterocycles. The van der Waals surface area contributed by atoms with Crippen molar-refractivity contribution >= 4 is 11.8 Å². The average Bonchev–Trinajstić information content (AvgIpc) is 2.37. The van der Waals surface area contributed by atoms with Crippen molar-refractivity contribution in [1.29, 1.82) is 0 Å². The third-order valence-corrected chi connectivity index (χ3v) is 3.22. The van der Waals surface area contributed by atoms with Gasteiger partial charge in [-0.25, -0.2) is 0 Å². The van der Waals surface area contributed by atoms with Crippen LogP contribution in [0.25, 0.3) is 0 Å². The second-order valence-electron chi connectivity index (χ2n) is 3.53. The van der Waals surface area contributed by atoms with E-state index in [2.05, 4.69) is 5.32 Å². The highest BCUT2D eigenvalue weighted by atomic mass is 32.2. The van der Waals surface area contributed by atoms with Gasteiger partial charge in [-0.3, -0.25) is 0 Å². The molecule has 1 atom stereocenters. The Morgan fingerprint density at radius 1 is 1.35 bits per heavy atom. The van der Waals surface area contributed by atoms with Gasteiger partial charge in [0.05, 0.1) is 25.2 Å². The van der Waals surface area contributed by atoms with Crippen LogP contribution in [0, 0.1) is 0 Å². The lowest BCUT2D eigenvalue weighted by Crippen LogP contribution is -2.17. The Bertz CT molecular complexity index is 371. The van der Waals surface area contributed by atoms with Crippen molar-refractivity contribution in [2.45, 2.75) is 11.0 Å². The van der Waals surface area contributed by atoms with Crippen molar-refractivity contribution in [3.8, 4) is 11.5 Å². The van der Waals surface area contributed by atoms with E-state index in [1.807, 2.05) is 12.3 Å². The molecule has 96 valence electrons. The van der Waals surface area contributed by atoms with Crippen molar-refractivity contribution < 1.29 is 14.6 Å². The maximum Gasteiger partial charge on any atom is 0.138 e. The SMILES string of the molecule is CNCC(O)c1cc(OC)cc(SC)c1OC. The van der Waals surface area contributed by atoms with E-state index >= 15 is 0 Å². The second kappa shape index (κ2) is 6.74. The van der Waals surface area contributed by atoms with Crippen molar-refractivity contribution in [3.63, 3.8) is 0 Å². The number of benzene rings is 1. The topological polar surface area (TPSA) is 50.7 Å². The molecule has 0 saturated carbocycles. The number of rotatable bonds is 6. The molecule has 1 aromatic rings. The smallest absolute Gasteiger partial charge is 0.138 e. The number of likely N-dealkylation sites (N-methyl/N-ethyl adjacent to an activating group) is 1. The van der Waals surface area contributed by atoms with E-state index in [-0.39, 0.29) is 0 Å². The Morgan fingerprint density at radius 3 is 2.53 bits per heavy atom. The van der Waals surface area contributed by atoms with Crippen LogP contribution < -0.4 is 14.8 Å². The van der Waals surface area contributed by atoms with E-state index in [1.165, 1.54) is 0 Å². The number of nitrogens with one attached hydrogen (secondary N) is 1. The molecule has 1 unspecified atom stereocenters. The van der Waals surface area contributed by atoms with E-state index in [9.17, 15) is 5.11 Å². The molecule has 0 radical (unpaired) electrons. The number of thioether (sulfide) groups is 1. The zero-order valence-electron chi connectivity index (χ0n) is 10.6. The minimum Gasteiger partial charge on any atom is -0.497 e. The van der Waals surface area contributed by atoms with E-state index < -0.39 is 6.10 Å². The van der Waals surface area contributed by atoms with E-state index in [0.29, 0.717) is 12.3 Å². The Hall–Kier alpha value is -0.910. The molecule has 4 nitrogen and oxygen atoms in total. The number of aliphatic hydroxyl groups excluding tert-OH is 1. The van der Waals surface area contributed by atoms with Gasteiger partial charge in [0.15, 0.2) is 0 Å². The maximum atomic E-state index is 10.1. The van der Waals surface area contributed by atoms with Crippen LogP contribution in [0.4, 0.5) is 0 Å². The summed E-state index contributed by atoms with van der Waals surface area (Å²) in [5, 5.41) is 13.0. The van der Waals surface area contributed by atoms with Gasteiger partial charge in [0.2, 0.25) is 0 Å². The van der Waals surface area contributed by atoms with Crippen molar-refractivity contribution in [2.24, 2.45) is 0 Å². The van der Waals surface area contributed by atoms with Gasteiger partial charge in [-0.2, -0.15) is 0 Å². The zero-order valence-corrected chi connectivity index (χ0v) is 11.4. The number of aliphatic hydroxyl groups is 1. The predicted molar refractivity (Wildman–Crippen MR) is 70.2 cm³/mol. The Labute approximate surface area is 106 Å². The van der Waals surface area contributed by atoms with E-state index in [0.717, 1.165) is 16.2 Å². The molecule has 1 aromatic carbocycles. The van der Waals surface area contributed by atoms with E-state index in [1.54, 1.807) is 39.1 Å². The molecule has 0 bridgehead atoms. The Balaban J connectivity index is 3.23. The summed E-state index contributed by atoms with van der Waals surface area (Å²) in [7, 11) is 5.02. The Kier molecular flexibility index (Phi) is 5.61. The predicted octanol–water partition coefficient (Wildman–Crippen LogP) is 1.68. The first-order valence-corrected chi connectivity index (χ1v) is 6.53. The van der Waals surface area contributed by atoms with Crippen LogP contribution in [0.3, 0.4) is 0 Å². The van der Waals surface area contributed by atoms with Crippen LogP contribution in [0.1, 0.15) is 11.7 Å². The van der Waals surface area contributed by atoms with Crippen LogP contribution >= 0.6 is 11.8 Å². The standard InChI is InChI=1S/C12H19NO3S/c1-13-7-10(14)9-5-8(15-2)6-11(17-4)12(9)16-3/h5-6,10,13-14H,7H2,1-4H3. The van der Waals surface area contributed by atoms with Gasteiger partial charge in [-0.1, -0.05) is 0 Å². The first kappa shape index (κ1) is 14.2. The molecule has 0 aliphatic carbocycles. The summed E-state index contributed by atoms with van der Waals surface area (Å²) < 4.78 is 10.6. The van der Waals surface area contributed by atoms with Crippen LogP contribution in [0.15, 0.2) is 17.0 Å². The van der Waals surface area contributed by atoms with Crippen LogP contribution in [-0.4, -0.2) is 39.2 Å². The maximum absolute atomic E-state index is 10.1. The quantitative estimate of drug-likeness (QED) is 0.759. The highest BCUT2D eigenvalue weighted by molar-refractivity contribution is 7.98. The summed E-state index contributed by atoms with van der Waals surface area (Å²) in [4.78, 5) is 0.956. The van der Waals surface area contributed by atoms with Crippen molar-refractivity contribution in [1.82, 2.24) is 5.32 Å². The van der Waals surface area contributed by atoms with Crippen molar-refractivity contribution in [3.05, 3.63) is 17.7 Å². The number of hydrogen-bond donors (Lipinski definition) is 2. The van der Waals surface area contributed by atoms with Crippen molar-refractivity contribution in [2.75, 3.05) is 34.1 Å². The molecule has 0 spiro atoms. The molecule has 0 heterocycles. The lowest BCUT2D eigenvalue weighted by atomic mass is 10.1. The molecule has 1 rings (SSSR count). The molecule has 5 heteroatoms. The summed E-state index contributed by atoms with van der Waals surface area (Å²) in [5.74, 6) is 1.43. The van der Waals surface area contributed by atoms with Gasteiger partial charge in [-0.05, 0) is 25.4 Å². The van der Waals surface area contributed by atoms with Gasteiger partial charge < -0.3 is 19.9 Å². The zero-order chi connectivity index (χ0) is 12.8.